The number of carboxylic acid groups (broad SMARTS) is 4. The Labute approximate surface area is 300 Å². The molecule has 0 fully saturated rings. The van der Waals surface area contributed by atoms with E-state index in [1.54, 1.807) is 0 Å². The minimum absolute atomic E-state index is 0.118. The van der Waals surface area contributed by atoms with Gasteiger partial charge in [-0.25, -0.2) is 0 Å². The molecular weight excluding hydrogens is 632 g/mol. The number of carboxylic acids is 4. The highest BCUT2D eigenvalue weighted by molar-refractivity contribution is 5.83. The van der Waals surface area contributed by atoms with Gasteiger partial charge in [-0.3, -0.25) is 19.2 Å². The van der Waals surface area contributed by atoms with Gasteiger partial charge in [-0.2, -0.15) is 0 Å². The van der Waals surface area contributed by atoms with Crippen molar-refractivity contribution in [2.75, 3.05) is 0 Å². The highest BCUT2D eigenvalue weighted by Crippen LogP contribution is 2.44. The fourth-order valence-corrected chi connectivity index (χ4v) is 8.75. The zero-order valence-corrected chi connectivity index (χ0v) is 31.1. The third-order valence-corrected chi connectivity index (χ3v) is 11.7. The number of benzene rings is 1. The molecule has 1 aromatic carbocycles. The summed E-state index contributed by atoms with van der Waals surface area (Å²) in [5, 5.41) is 40.6. The average molecular weight is 699 g/mol. The molecule has 1 aromatic rings. The van der Waals surface area contributed by atoms with Crippen molar-refractivity contribution in [3.63, 3.8) is 0 Å². The van der Waals surface area contributed by atoms with Crippen LogP contribution in [0.2, 0.25) is 0 Å². The monoisotopic (exact) mass is 698 g/mol. The summed E-state index contributed by atoms with van der Waals surface area (Å²) in [6, 6.07) is 0. The highest BCUT2D eigenvalue weighted by Gasteiger charge is 2.44. The Kier molecular flexibility index (Phi) is 18.4. The van der Waals surface area contributed by atoms with E-state index in [2.05, 4.69) is 13.8 Å². The van der Waals surface area contributed by atoms with E-state index in [9.17, 15) is 39.6 Å². The van der Waals surface area contributed by atoms with Crippen LogP contribution >= 0.6 is 0 Å². The standard InChI is InChI=1S/C42H66O8/c1-3-5-7-9-11-13-15-17-19-21-23-29-31-25-35(39(43)44)37(41(47)48)27-33(31)30(24-22-20-18-16-14-12-10-8-6-4-2)34-28-38(42(49)50)36(40(45)46)26-32(29)34/h35-38H,3-28H2,1-2H3,(H,43,44)(H,45,46)(H,47,48)(H,49,50). The molecule has 0 saturated carbocycles. The Morgan fingerprint density at radius 1 is 0.380 bits per heavy atom. The van der Waals surface area contributed by atoms with Crippen LogP contribution in [0.15, 0.2) is 0 Å². The summed E-state index contributed by atoms with van der Waals surface area (Å²) >= 11 is 0. The normalized spacial score (nSPS) is 19.9. The molecule has 0 heterocycles. The van der Waals surface area contributed by atoms with E-state index < -0.39 is 47.5 Å². The molecule has 2 aliphatic carbocycles. The van der Waals surface area contributed by atoms with E-state index in [-0.39, 0.29) is 25.7 Å². The summed E-state index contributed by atoms with van der Waals surface area (Å²) in [5.41, 5.74) is 5.58. The molecule has 0 aliphatic heterocycles. The van der Waals surface area contributed by atoms with Crippen molar-refractivity contribution in [1.82, 2.24) is 0 Å². The molecule has 3 rings (SSSR count). The quantitative estimate of drug-likeness (QED) is 0.0699. The maximum Gasteiger partial charge on any atom is 0.307 e. The lowest BCUT2D eigenvalue weighted by molar-refractivity contribution is -0.154. The van der Waals surface area contributed by atoms with Crippen LogP contribution in [-0.4, -0.2) is 44.3 Å². The first-order valence-corrected chi connectivity index (χ1v) is 20.2. The molecule has 2 aliphatic rings. The third kappa shape index (κ3) is 12.1. The van der Waals surface area contributed by atoms with E-state index >= 15 is 0 Å². The molecule has 0 spiro atoms. The molecular formula is C42H66O8. The SMILES string of the molecule is CCCCCCCCCCCCc1c2c(c(CCCCCCCCCCCC)c3c1CC(C(=O)O)C(C(=O)O)C3)CC(C(=O)O)C(C(=O)O)C2. The second-order valence-electron chi connectivity index (χ2n) is 15.3. The molecule has 8 nitrogen and oxygen atoms in total. The van der Waals surface area contributed by atoms with Gasteiger partial charge in [0.25, 0.3) is 0 Å². The smallest absolute Gasteiger partial charge is 0.307 e. The maximum atomic E-state index is 12.4. The second-order valence-corrected chi connectivity index (χ2v) is 15.3. The average Bonchev–Trinajstić information content (AvgIpc) is 3.08. The minimum Gasteiger partial charge on any atom is -0.481 e. The molecule has 0 amide bonds. The van der Waals surface area contributed by atoms with Crippen molar-refractivity contribution >= 4 is 23.9 Å². The zero-order chi connectivity index (χ0) is 36.5. The van der Waals surface area contributed by atoms with Crippen LogP contribution < -0.4 is 0 Å². The lowest BCUT2D eigenvalue weighted by Gasteiger charge is -2.38. The molecule has 4 atom stereocenters. The highest BCUT2D eigenvalue weighted by atomic mass is 16.4. The number of fused-ring (bicyclic) bond motifs is 2. The second kappa shape index (κ2) is 22.1. The van der Waals surface area contributed by atoms with Crippen LogP contribution in [0, 0.1) is 23.7 Å². The van der Waals surface area contributed by atoms with Gasteiger partial charge in [0.1, 0.15) is 0 Å². The number of aliphatic carboxylic acids is 4. The number of carbonyl (C=O) groups is 4. The maximum absolute atomic E-state index is 12.4. The molecule has 0 bridgehead atoms. The largest absolute Gasteiger partial charge is 0.481 e. The fraction of sp³-hybridized carbons (Fsp3) is 0.762. The minimum atomic E-state index is -1.11. The predicted octanol–water partition coefficient (Wildman–Crippen LogP) is 9.61. The van der Waals surface area contributed by atoms with Gasteiger partial charge in [-0.15, -0.1) is 0 Å². The van der Waals surface area contributed by atoms with Gasteiger partial charge >= 0.3 is 23.9 Å². The number of hydrogen-bond donors (Lipinski definition) is 4. The summed E-state index contributed by atoms with van der Waals surface area (Å²) in [4.78, 5) is 49.7. The van der Waals surface area contributed by atoms with Crippen molar-refractivity contribution in [1.29, 1.82) is 0 Å². The van der Waals surface area contributed by atoms with Gasteiger partial charge in [0.2, 0.25) is 0 Å². The molecule has 282 valence electrons. The summed E-state index contributed by atoms with van der Waals surface area (Å²) < 4.78 is 0. The van der Waals surface area contributed by atoms with Crippen LogP contribution in [0.4, 0.5) is 0 Å². The van der Waals surface area contributed by atoms with Gasteiger partial charge in [0.15, 0.2) is 0 Å². The Morgan fingerprint density at radius 3 is 0.780 bits per heavy atom. The van der Waals surface area contributed by atoms with E-state index in [1.807, 2.05) is 0 Å². The molecule has 0 aromatic heterocycles. The molecule has 4 unspecified atom stereocenters. The summed E-state index contributed by atoms with van der Waals surface area (Å²) in [6.07, 6.45) is 25.3. The molecule has 0 saturated heterocycles. The Hall–Kier alpha value is -2.90. The number of hydrogen-bond acceptors (Lipinski definition) is 4. The van der Waals surface area contributed by atoms with Crippen molar-refractivity contribution < 1.29 is 39.6 Å². The van der Waals surface area contributed by atoms with Crippen molar-refractivity contribution in [3.8, 4) is 0 Å². The molecule has 50 heavy (non-hydrogen) atoms. The predicted molar refractivity (Wildman–Crippen MR) is 197 cm³/mol. The lowest BCUT2D eigenvalue weighted by Crippen LogP contribution is -2.40. The summed E-state index contributed by atoms with van der Waals surface area (Å²) in [6.45, 7) is 4.44. The van der Waals surface area contributed by atoms with Crippen LogP contribution in [0.25, 0.3) is 0 Å². The number of rotatable bonds is 26. The third-order valence-electron chi connectivity index (χ3n) is 11.7. The van der Waals surface area contributed by atoms with Crippen molar-refractivity contribution in [3.05, 3.63) is 33.4 Å². The van der Waals surface area contributed by atoms with Gasteiger partial charge in [-0.05, 0) is 84.7 Å². The van der Waals surface area contributed by atoms with E-state index in [0.717, 1.165) is 71.9 Å². The van der Waals surface area contributed by atoms with Crippen LogP contribution in [0.1, 0.15) is 176 Å². The van der Waals surface area contributed by atoms with Crippen LogP contribution in [0.5, 0.6) is 0 Å². The van der Waals surface area contributed by atoms with E-state index in [4.69, 9.17) is 0 Å². The Bertz CT molecular complexity index is 1090. The van der Waals surface area contributed by atoms with Crippen LogP contribution in [0.3, 0.4) is 0 Å². The molecule has 8 heteroatoms. The number of unbranched alkanes of at least 4 members (excludes halogenated alkanes) is 18. The summed E-state index contributed by atoms with van der Waals surface area (Å²) in [7, 11) is 0. The first-order valence-electron chi connectivity index (χ1n) is 20.2. The van der Waals surface area contributed by atoms with Crippen molar-refractivity contribution in [2.45, 2.75) is 181 Å². The van der Waals surface area contributed by atoms with E-state index in [0.29, 0.717) is 12.8 Å². The van der Waals surface area contributed by atoms with Crippen LogP contribution in [-0.2, 0) is 57.7 Å². The van der Waals surface area contributed by atoms with Gasteiger partial charge in [-0.1, -0.05) is 129 Å². The summed E-state index contributed by atoms with van der Waals surface area (Å²) in [5.74, 6) is -8.68. The van der Waals surface area contributed by atoms with Gasteiger partial charge < -0.3 is 20.4 Å². The topological polar surface area (TPSA) is 149 Å². The Balaban J connectivity index is 1.89. The van der Waals surface area contributed by atoms with E-state index in [1.165, 1.54) is 89.9 Å². The van der Waals surface area contributed by atoms with Gasteiger partial charge in [0.05, 0.1) is 23.7 Å². The first kappa shape index (κ1) is 41.5. The lowest BCUT2D eigenvalue weighted by atomic mass is 9.65. The fourth-order valence-electron chi connectivity index (χ4n) is 8.75. The Morgan fingerprint density at radius 2 is 0.580 bits per heavy atom. The zero-order valence-electron chi connectivity index (χ0n) is 31.1. The molecule has 0 radical (unpaired) electrons. The first-order chi connectivity index (χ1) is 24.1. The van der Waals surface area contributed by atoms with Gasteiger partial charge in [0, 0.05) is 0 Å². The van der Waals surface area contributed by atoms with Crippen molar-refractivity contribution in [2.24, 2.45) is 23.7 Å². The molecule has 4 N–H and O–H groups in total.